The highest BCUT2D eigenvalue weighted by Crippen LogP contribution is 2.22. The Morgan fingerprint density at radius 3 is 2.68 bits per heavy atom. The number of hydrogen-bond acceptors (Lipinski definition) is 4. The number of H-pyrrole nitrogens is 1. The third-order valence-electron chi connectivity index (χ3n) is 5.04. The minimum absolute atomic E-state index is 0.116. The molecule has 0 aliphatic carbocycles. The summed E-state index contributed by atoms with van der Waals surface area (Å²) < 4.78 is 0. The third kappa shape index (κ3) is 5.93. The monoisotopic (exact) mass is 415 g/mol. The fourth-order valence-electron chi connectivity index (χ4n) is 3.33. The van der Waals surface area contributed by atoms with E-state index in [0.29, 0.717) is 18.7 Å². The summed E-state index contributed by atoms with van der Waals surface area (Å²) >= 11 is 0. The maximum absolute atomic E-state index is 12.8. The maximum atomic E-state index is 12.8. The van der Waals surface area contributed by atoms with Crippen LogP contribution in [0.4, 0.5) is 11.5 Å². The molecule has 5 N–H and O–H groups in total. The van der Waals surface area contributed by atoms with Crippen LogP contribution in [0.25, 0.3) is 6.08 Å². The molecule has 0 bridgehead atoms. The van der Waals surface area contributed by atoms with Crippen LogP contribution in [0.1, 0.15) is 34.7 Å². The quantitative estimate of drug-likeness (QED) is 0.386. The summed E-state index contributed by atoms with van der Waals surface area (Å²) in [5, 5.41) is 13.6. The second-order valence-electron chi connectivity index (χ2n) is 7.49. The fourth-order valence-corrected chi connectivity index (χ4v) is 3.33. The van der Waals surface area contributed by atoms with Gasteiger partial charge in [-0.3, -0.25) is 9.89 Å². The van der Waals surface area contributed by atoms with Crippen molar-refractivity contribution in [1.82, 2.24) is 15.5 Å². The summed E-state index contributed by atoms with van der Waals surface area (Å²) in [7, 11) is 0. The molecule has 0 spiro atoms. The number of rotatable bonds is 9. The second kappa shape index (κ2) is 10.4. The van der Waals surface area contributed by atoms with Crippen molar-refractivity contribution in [1.29, 1.82) is 0 Å². The largest absolute Gasteiger partial charge is 0.339 e. The van der Waals surface area contributed by atoms with Crippen molar-refractivity contribution in [2.45, 2.75) is 26.2 Å². The number of nitrogens with two attached hydrogens (primary N) is 1. The highest BCUT2D eigenvalue weighted by Gasteiger charge is 2.19. The summed E-state index contributed by atoms with van der Waals surface area (Å²) in [5.41, 5.74) is 11.1. The molecule has 6 heteroatoms. The Labute approximate surface area is 183 Å². The van der Waals surface area contributed by atoms with Gasteiger partial charge >= 0.3 is 0 Å². The van der Waals surface area contributed by atoms with Gasteiger partial charge in [-0.05, 0) is 62.2 Å². The van der Waals surface area contributed by atoms with E-state index >= 15 is 0 Å². The molecule has 1 atom stereocenters. The summed E-state index contributed by atoms with van der Waals surface area (Å²) in [6.07, 6.45) is 4.19. The van der Waals surface area contributed by atoms with Crippen LogP contribution in [-0.4, -0.2) is 22.6 Å². The van der Waals surface area contributed by atoms with E-state index in [1.54, 1.807) is 6.08 Å². The van der Waals surface area contributed by atoms with Gasteiger partial charge in [-0.25, -0.2) is 0 Å². The van der Waals surface area contributed by atoms with E-state index in [4.69, 9.17) is 5.73 Å². The van der Waals surface area contributed by atoms with Crippen LogP contribution in [0, 0.1) is 13.8 Å². The predicted octanol–water partition coefficient (Wildman–Crippen LogP) is 4.55. The lowest BCUT2D eigenvalue weighted by atomic mass is 9.95. The molecule has 160 valence electrons. The zero-order chi connectivity index (χ0) is 22.2. The van der Waals surface area contributed by atoms with Gasteiger partial charge in [0.25, 0.3) is 0 Å². The molecule has 0 aliphatic heterocycles. The van der Waals surface area contributed by atoms with E-state index in [1.165, 1.54) is 5.56 Å². The van der Waals surface area contributed by atoms with Crippen LogP contribution in [0.5, 0.6) is 0 Å². The molecule has 3 aromatic rings. The first-order valence-electron chi connectivity index (χ1n) is 10.3. The number of nitrogens with zero attached hydrogens (tertiary/aromatic N) is 1. The van der Waals surface area contributed by atoms with Gasteiger partial charge in [0, 0.05) is 16.9 Å². The first kappa shape index (κ1) is 22.1. The summed E-state index contributed by atoms with van der Waals surface area (Å²) in [5.74, 6) is 0.330. The summed E-state index contributed by atoms with van der Waals surface area (Å²) in [6.45, 7) is 8.42. The maximum Gasteiger partial charge on any atom is 0.231 e. The SMILES string of the molecule is C=C(/C=C\c1[nH]nc(Nc2cccc(C)c2)c1C)NC(=O)C(CCN)c1ccccc1. The van der Waals surface area contributed by atoms with Crippen LogP contribution in [0.15, 0.2) is 72.9 Å². The Kier molecular flexibility index (Phi) is 7.40. The van der Waals surface area contributed by atoms with Gasteiger partial charge < -0.3 is 16.4 Å². The number of benzene rings is 2. The molecular formula is C25H29N5O. The van der Waals surface area contributed by atoms with Crippen molar-refractivity contribution in [3.63, 3.8) is 0 Å². The van der Waals surface area contributed by atoms with Crippen molar-refractivity contribution in [3.8, 4) is 0 Å². The number of aromatic amines is 1. The molecule has 1 amide bonds. The molecule has 0 saturated heterocycles. The first-order chi connectivity index (χ1) is 15.0. The number of nitrogens with one attached hydrogen (secondary N) is 3. The Balaban J connectivity index is 1.64. The predicted molar refractivity (Wildman–Crippen MR) is 127 cm³/mol. The molecule has 0 radical (unpaired) electrons. The van der Waals surface area contributed by atoms with Crippen LogP contribution in [0.3, 0.4) is 0 Å². The van der Waals surface area contributed by atoms with Gasteiger partial charge in [0.1, 0.15) is 0 Å². The Morgan fingerprint density at radius 1 is 1.19 bits per heavy atom. The van der Waals surface area contributed by atoms with E-state index in [1.807, 2.05) is 68.5 Å². The molecule has 2 aromatic carbocycles. The Bertz CT molecular complexity index is 1070. The molecule has 3 rings (SSSR count). The lowest BCUT2D eigenvalue weighted by molar-refractivity contribution is -0.121. The van der Waals surface area contributed by atoms with Crippen LogP contribution in [0.2, 0.25) is 0 Å². The zero-order valence-corrected chi connectivity index (χ0v) is 18.0. The van der Waals surface area contributed by atoms with Crippen molar-refractivity contribution in [2.75, 3.05) is 11.9 Å². The molecular weight excluding hydrogens is 386 g/mol. The van der Waals surface area contributed by atoms with E-state index in [9.17, 15) is 4.79 Å². The van der Waals surface area contributed by atoms with Crippen LogP contribution >= 0.6 is 0 Å². The molecule has 1 heterocycles. The highest BCUT2D eigenvalue weighted by atomic mass is 16.1. The van der Waals surface area contributed by atoms with E-state index in [-0.39, 0.29) is 11.8 Å². The second-order valence-corrected chi connectivity index (χ2v) is 7.49. The number of anilines is 2. The van der Waals surface area contributed by atoms with Gasteiger partial charge in [-0.15, -0.1) is 0 Å². The van der Waals surface area contributed by atoms with Crippen molar-refractivity contribution in [2.24, 2.45) is 5.73 Å². The minimum atomic E-state index is -0.310. The molecule has 0 saturated carbocycles. The minimum Gasteiger partial charge on any atom is -0.339 e. The van der Waals surface area contributed by atoms with Gasteiger partial charge in [0.15, 0.2) is 5.82 Å². The van der Waals surface area contributed by atoms with E-state index in [2.05, 4.69) is 33.5 Å². The Morgan fingerprint density at radius 2 is 1.97 bits per heavy atom. The van der Waals surface area contributed by atoms with Crippen molar-refractivity contribution < 1.29 is 4.79 Å². The number of carbonyl (C=O) groups is 1. The third-order valence-corrected chi connectivity index (χ3v) is 5.04. The van der Waals surface area contributed by atoms with E-state index in [0.717, 1.165) is 28.3 Å². The molecule has 0 aliphatic rings. The topological polar surface area (TPSA) is 95.8 Å². The normalized spacial score (nSPS) is 12.0. The summed E-state index contributed by atoms with van der Waals surface area (Å²) in [4.78, 5) is 12.8. The number of aryl methyl sites for hydroxylation is 1. The van der Waals surface area contributed by atoms with E-state index < -0.39 is 0 Å². The fraction of sp³-hybridized carbons (Fsp3) is 0.200. The van der Waals surface area contributed by atoms with Gasteiger partial charge in [0.05, 0.1) is 11.6 Å². The average Bonchev–Trinajstić information content (AvgIpc) is 3.10. The van der Waals surface area contributed by atoms with Gasteiger partial charge in [-0.2, -0.15) is 5.10 Å². The molecule has 1 unspecified atom stereocenters. The van der Waals surface area contributed by atoms with Gasteiger partial charge in [0.2, 0.25) is 5.91 Å². The molecule has 31 heavy (non-hydrogen) atoms. The number of carbonyl (C=O) groups excluding carboxylic acids is 1. The van der Waals surface area contributed by atoms with Crippen LogP contribution < -0.4 is 16.4 Å². The lowest BCUT2D eigenvalue weighted by Crippen LogP contribution is -2.29. The average molecular weight is 416 g/mol. The first-order valence-corrected chi connectivity index (χ1v) is 10.3. The zero-order valence-electron chi connectivity index (χ0n) is 18.0. The lowest BCUT2D eigenvalue weighted by Gasteiger charge is -2.16. The number of amides is 1. The van der Waals surface area contributed by atoms with Crippen LogP contribution in [-0.2, 0) is 4.79 Å². The smallest absolute Gasteiger partial charge is 0.231 e. The highest BCUT2D eigenvalue weighted by molar-refractivity contribution is 5.85. The number of allylic oxidation sites excluding steroid dienone is 1. The molecule has 0 fully saturated rings. The molecule has 1 aromatic heterocycles. The summed E-state index contributed by atoms with van der Waals surface area (Å²) in [6, 6.07) is 17.8. The number of aromatic nitrogens is 2. The standard InChI is InChI=1S/C25H29N5O/c1-17-8-7-11-21(16-17)28-24-19(3)23(29-30-24)13-12-18(2)27-25(31)22(14-15-26)20-9-5-4-6-10-20/h4-13,16,22H,2,14-15,26H2,1,3H3,(H,27,31)(H2,28,29,30)/b13-12-. The van der Waals surface area contributed by atoms with Gasteiger partial charge in [-0.1, -0.05) is 49.0 Å². The van der Waals surface area contributed by atoms with Crippen molar-refractivity contribution >= 4 is 23.5 Å². The Hall–Kier alpha value is -3.64. The number of hydrogen-bond donors (Lipinski definition) is 4. The van der Waals surface area contributed by atoms with Crippen molar-refractivity contribution in [3.05, 3.63) is 95.3 Å². The molecule has 6 nitrogen and oxygen atoms in total.